The summed E-state index contributed by atoms with van der Waals surface area (Å²) in [5.41, 5.74) is 4.70. The minimum Gasteiger partial charge on any atom is -0.300 e. The van der Waals surface area contributed by atoms with Crippen LogP contribution < -0.4 is 11.3 Å². The summed E-state index contributed by atoms with van der Waals surface area (Å²) in [5, 5.41) is 0. The molecule has 2 rings (SSSR count). The molecule has 1 aromatic carbocycles. The summed E-state index contributed by atoms with van der Waals surface area (Å²) in [6, 6.07) is 5.38. The van der Waals surface area contributed by atoms with Crippen molar-refractivity contribution in [3.8, 4) is 0 Å². The van der Waals surface area contributed by atoms with Gasteiger partial charge in [-0.1, -0.05) is 6.07 Å². The smallest absolute Gasteiger partial charge is 0.123 e. The van der Waals surface area contributed by atoms with Crippen molar-refractivity contribution in [3.05, 3.63) is 35.1 Å². The highest BCUT2D eigenvalue weighted by Gasteiger charge is 2.28. The SMILES string of the molecule is Cc1cc(F)cc(C(NN)C2CSCCN2C)c1. The molecule has 0 radical (unpaired) electrons. The van der Waals surface area contributed by atoms with E-state index in [4.69, 9.17) is 5.84 Å². The Bertz CT molecular complexity index is 393. The van der Waals surface area contributed by atoms with Gasteiger partial charge in [0.15, 0.2) is 0 Å². The minimum absolute atomic E-state index is 0.0304. The van der Waals surface area contributed by atoms with Gasteiger partial charge in [-0.05, 0) is 37.2 Å². The molecule has 1 aliphatic heterocycles. The highest BCUT2D eigenvalue weighted by Crippen LogP contribution is 2.27. The fourth-order valence-electron chi connectivity index (χ4n) is 2.43. The Morgan fingerprint density at radius 3 is 2.89 bits per heavy atom. The van der Waals surface area contributed by atoms with Crippen molar-refractivity contribution < 1.29 is 4.39 Å². The first-order valence-corrected chi connectivity index (χ1v) is 7.28. The van der Waals surface area contributed by atoms with E-state index in [0.29, 0.717) is 6.04 Å². The first kappa shape index (κ1) is 13.8. The van der Waals surface area contributed by atoms with Gasteiger partial charge in [-0.15, -0.1) is 0 Å². The first-order valence-electron chi connectivity index (χ1n) is 6.13. The number of hydrogen-bond donors (Lipinski definition) is 2. The summed E-state index contributed by atoms with van der Waals surface area (Å²) in [6.07, 6.45) is 0. The Balaban J connectivity index is 2.26. The lowest BCUT2D eigenvalue weighted by Gasteiger charge is -2.37. The predicted octanol–water partition coefficient (Wildman–Crippen LogP) is 1.69. The number of halogens is 1. The van der Waals surface area contributed by atoms with Gasteiger partial charge in [0.05, 0.1) is 6.04 Å². The summed E-state index contributed by atoms with van der Waals surface area (Å²) in [4.78, 5) is 2.29. The van der Waals surface area contributed by atoms with Crippen LogP contribution in [0.4, 0.5) is 4.39 Å². The summed E-state index contributed by atoms with van der Waals surface area (Å²) >= 11 is 1.92. The van der Waals surface area contributed by atoms with Crippen LogP contribution in [0.1, 0.15) is 17.2 Å². The van der Waals surface area contributed by atoms with Crippen LogP contribution in [0.25, 0.3) is 0 Å². The number of rotatable bonds is 3. The van der Waals surface area contributed by atoms with Gasteiger partial charge in [0.25, 0.3) is 0 Å². The van der Waals surface area contributed by atoms with Crippen LogP contribution in [0.2, 0.25) is 0 Å². The van der Waals surface area contributed by atoms with Crippen molar-refractivity contribution in [2.24, 2.45) is 5.84 Å². The standard InChI is InChI=1S/C13H20FN3S/c1-9-5-10(7-11(14)6-9)13(16-15)12-8-18-4-3-17(12)2/h5-7,12-13,16H,3-4,8,15H2,1-2H3. The lowest BCUT2D eigenvalue weighted by atomic mass is 9.98. The molecule has 18 heavy (non-hydrogen) atoms. The Morgan fingerprint density at radius 2 is 2.28 bits per heavy atom. The van der Waals surface area contributed by atoms with Gasteiger partial charge in [0, 0.05) is 24.1 Å². The normalized spacial score (nSPS) is 23.0. The second-order valence-electron chi connectivity index (χ2n) is 4.83. The number of hydrazine groups is 1. The Kier molecular flexibility index (Phi) is 4.61. The molecule has 0 spiro atoms. The molecule has 3 nitrogen and oxygen atoms in total. The molecule has 100 valence electrons. The highest BCUT2D eigenvalue weighted by molar-refractivity contribution is 7.99. The maximum Gasteiger partial charge on any atom is 0.123 e. The van der Waals surface area contributed by atoms with Crippen LogP contribution in [0.15, 0.2) is 18.2 Å². The monoisotopic (exact) mass is 269 g/mol. The largest absolute Gasteiger partial charge is 0.300 e. The van der Waals surface area contributed by atoms with E-state index in [0.717, 1.165) is 29.2 Å². The third-order valence-electron chi connectivity index (χ3n) is 3.43. The Labute approximate surface area is 112 Å². The fraction of sp³-hybridized carbons (Fsp3) is 0.538. The number of benzene rings is 1. The van der Waals surface area contributed by atoms with Gasteiger partial charge in [-0.25, -0.2) is 4.39 Å². The van der Waals surface area contributed by atoms with E-state index >= 15 is 0 Å². The maximum absolute atomic E-state index is 13.5. The molecule has 1 heterocycles. The van der Waals surface area contributed by atoms with Crippen LogP contribution in [0.5, 0.6) is 0 Å². The molecule has 0 aliphatic carbocycles. The van der Waals surface area contributed by atoms with E-state index in [-0.39, 0.29) is 11.9 Å². The topological polar surface area (TPSA) is 41.3 Å². The molecular weight excluding hydrogens is 249 g/mol. The highest BCUT2D eigenvalue weighted by atomic mass is 32.2. The van der Waals surface area contributed by atoms with Crippen molar-refractivity contribution in [1.29, 1.82) is 0 Å². The number of aryl methyl sites for hydroxylation is 1. The third-order valence-corrected chi connectivity index (χ3v) is 4.48. The van der Waals surface area contributed by atoms with E-state index in [9.17, 15) is 4.39 Å². The molecule has 0 amide bonds. The summed E-state index contributed by atoms with van der Waals surface area (Å²) < 4.78 is 13.5. The lowest BCUT2D eigenvalue weighted by molar-refractivity contribution is 0.216. The lowest BCUT2D eigenvalue weighted by Crippen LogP contribution is -2.49. The summed E-state index contributed by atoms with van der Waals surface area (Å²) in [7, 11) is 2.10. The molecule has 5 heteroatoms. The van der Waals surface area contributed by atoms with Crippen LogP contribution in [0, 0.1) is 12.7 Å². The summed E-state index contributed by atoms with van der Waals surface area (Å²) in [6.45, 7) is 2.95. The molecule has 0 bridgehead atoms. The number of nitrogens with one attached hydrogen (secondary N) is 1. The van der Waals surface area contributed by atoms with Gasteiger partial charge >= 0.3 is 0 Å². The van der Waals surface area contributed by atoms with Crippen LogP contribution in [-0.2, 0) is 0 Å². The predicted molar refractivity (Wildman–Crippen MR) is 74.9 cm³/mol. The van der Waals surface area contributed by atoms with Crippen molar-refractivity contribution in [3.63, 3.8) is 0 Å². The van der Waals surface area contributed by atoms with Gasteiger partial charge in [-0.2, -0.15) is 11.8 Å². The van der Waals surface area contributed by atoms with E-state index in [1.54, 1.807) is 6.07 Å². The fourth-order valence-corrected chi connectivity index (χ4v) is 3.70. The van der Waals surface area contributed by atoms with Crippen LogP contribution in [-0.4, -0.2) is 36.0 Å². The number of hydrogen-bond acceptors (Lipinski definition) is 4. The van der Waals surface area contributed by atoms with Crippen LogP contribution >= 0.6 is 11.8 Å². The zero-order chi connectivity index (χ0) is 13.1. The van der Waals surface area contributed by atoms with Gasteiger partial charge in [-0.3, -0.25) is 16.2 Å². The van der Waals surface area contributed by atoms with Crippen LogP contribution in [0.3, 0.4) is 0 Å². The van der Waals surface area contributed by atoms with E-state index < -0.39 is 0 Å². The van der Waals surface area contributed by atoms with Gasteiger partial charge in [0.1, 0.15) is 5.82 Å². The molecule has 0 saturated carbocycles. The number of thioether (sulfide) groups is 1. The molecular formula is C13H20FN3S. The molecule has 2 atom stereocenters. The average molecular weight is 269 g/mol. The second-order valence-corrected chi connectivity index (χ2v) is 5.98. The van der Waals surface area contributed by atoms with E-state index in [1.807, 2.05) is 24.8 Å². The minimum atomic E-state index is -0.198. The van der Waals surface area contributed by atoms with Crippen molar-refractivity contribution in [2.45, 2.75) is 19.0 Å². The number of likely N-dealkylation sites (N-methyl/N-ethyl adjacent to an activating group) is 1. The second kappa shape index (κ2) is 6.02. The molecule has 2 unspecified atom stereocenters. The zero-order valence-electron chi connectivity index (χ0n) is 10.8. The summed E-state index contributed by atoms with van der Waals surface area (Å²) in [5.74, 6) is 7.65. The number of nitrogens with two attached hydrogens (primary N) is 1. The van der Waals surface area contributed by atoms with E-state index in [1.165, 1.54) is 6.07 Å². The maximum atomic E-state index is 13.5. The zero-order valence-corrected chi connectivity index (χ0v) is 11.6. The molecule has 1 aromatic rings. The molecule has 1 saturated heterocycles. The quantitative estimate of drug-likeness (QED) is 0.647. The molecule has 1 aliphatic rings. The molecule has 0 aromatic heterocycles. The van der Waals surface area contributed by atoms with E-state index in [2.05, 4.69) is 17.4 Å². The third kappa shape index (κ3) is 3.03. The van der Waals surface area contributed by atoms with Crippen molar-refractivity contribution in [1.82, 2.24) is 10.3 Å². The average Bonchev–Trinajstić information content (AvgIpc) is 2.31. The molecule has 3 N–H and O–H groups in total. The van der Waals surface area contributed by atoms with Crippen molar-refractivity contribution >= 4 is 11.8 Å². The van der Waals surface area contributed by atoms with Crippen molar-refractivity contribution in [2.75, 3.05) is 25.1 Å². The number of nitrogens with zero attached hydrogens (tertiary/aromatic N) is 1. The Morgan fingerprint density at radius 1 is 1.50 bits per heavy atom. The molecule has 1 fully saturated rings. The first-order chi connectivity index (χ1) is 8.61. The van der Waals surface area contributed by atoms with Gasteiger partial charge in [0.2, 0.25) is 0 Å². The Hall–Kier alpha value is -0.620. The van der Waals surface area contributed by atoms with Gasteiger partial charge < -0.3 is 0 Å².